The van der Waals surface area contributed by atoms with Gasteiger partial charge in [-0.2, -0.15) is 0 Å². The molecule has 1 aliphatic heterocycles. The fraction of sp³-hybridized carbons (Fsp3) is 0.226. The number of rotatable bonds is 10. The van der Waals surface area contributed by atoms with E-state index >= 15 is 0 Å². The minimum absolute atomic E-state index is 0.00264. The zero-order valence-electron chi connectivity index (χ0n) is 22.0. The average Bonchev–Trinajstić information content (AvgIpc) is 2.98. The Bertz CT molecular complexity index is 1250. The second-order valence-corrected chi connectivity index (χ2v) is 9.16. The fourth-order valence-electron chi connectivity index (χ4n) is 4.03. The van der Waals surface area contributed by atoms with Crippen LogP contribution in [0.2, 0.25) is 0 Å². The maximum atomic E-state index is 12.4. The molecule has 4 rings (SSSR count). The number of hydrogen-bond acceptors (Lipinski definition) is 6. The first kappa shape index (κ1) is 28.1. The molecule has 0 unspecified atom stereocenters. The molecule has 9 nitrogen and oxygen atoms in total. The molecule has 3 amide bonds. The Morgan fingerprint density at radius 3 is 1.85 bits per heavy atom. The van der Waals surface area contributed by atoms with Crippen molar-refractivity contribution in [1.82, 2.24) is 16.0 Å². The van der Waals surface area contributed by atoms with Crippen molar-refractivity contribution in [3.63, 3.8) is 0 Å². The third-order valence-electron chi connectivity index (χ3n) is 6.18. The van der Waals surface area contributed by atoms with Gasteiger partial charge in [0, 0.05) is 6.54 Å². The third kappa shape index (κ3) is 9.13. The van der Waals surface area contributed by atoms with Crippen LogP contribution in [-0.2, 0) is 27.5 Å². The molecule has 1 fully saturated rings. The maximum absolute atomic E-state index is 12.4. The minimum atomic E-state index is -0.768. The van der Waals surface area contributed by atoms with Crippen LogP contribution in [0.4, 0.5) is 9.59 Å². The predicted octanol–water partition coefficient (Wildman–Crippen LogP) is 4.80. The summed E-state index contributed by atoms with van der Waals surface area (Å²) in [7, 11) is 0. The topological polar surface area (TPSA) is 118 Å². The van der Waals surface area contributed by atoms with Crippen LogP contribution in [0.25, 0.3) is 6.08 Å². The molecule has 3 aromatic rings. The van der Waals surface area contributed by atoms with E-state index in [0.29, 0.717) is 12.8 Å². The van der Waals surface area contributed by atoms with Crippen molar-refractivity contribution in [1.29, 1.82) is 0 Å². The van der Waals surface area contributed by atoms with Crippen molar-refractivity contribution in [3.8, 4) is 0 Å². The second kappa shape index (κ2) is 14.9. The van der Waals surface area contributed by atoms with Gasteiger partial charge in [0.15, 0.2) is 0 Å². The summed E-state index contributed by atoms with van der Waals surface area (Å²) in [5, 5.41) is 7.86. The van der Waals surface area contributed by atoms with Crippen molar-refractivity contribution in [2.75, 3.05) is 6.54 Å². The van der Waals surface area contributed by atoms with Crippen LogP contribution in [-0.4, -0.2) is 36.6 Å². The Hall–Kier alpha value is -4.92. The van der Waals surface area contributed by atoms with Crippen LogP contribution in [0.3, 0.4) is 0 Å². The molecule has 1 saturated heterocycles. The van der Waals surface area contributed by atoms with Gasteiger partial charge in [0.05, 0.1) is 12.0 Å². The second-order valence-electron chi connectivity index (χ2n) is 9.16. The SMILES string of the molecule is O=C(NC(=NCCC[C@H]1C(=O)N[C@@H]1C=Cc1ccccc1)NC(=O)OCc1ccccc1)OCc1ccccc1. The Morgan fingerprint density at radius 2 is 1.32 bits per heavy atom. The molecule has 0 radical (unpaired) electrons. The number of nitrogens with one attached hydrogen (secondary N) is 3. The van der Waals surface area contributed by atoms with E-state index < -0.39 is 12.2 Å². The van der Waals surface area contributed by atoms with Gasteiger partial charge < -0.3 is 14.8 Å². The highest BCUT2D eigenvalue weighted by molar-refractivity contribution is 6.01. The van der Waals surface area contributed by atoms with Crippen molar-refractivity contribution in [2.45, 2.75) is 32.1 Å². The lowest BCUT2D eigenvalue weighted by Gasteiger charge is -2.34. The number of alkyl carbamates (subject to hydrolysis) is 2. The normalized spacial score (nSPS) is 15.8. The Labute approximate surface area is 233 Å². The Balaban J connectivity index is 1.29. The zero-order valence-corrected chi connectivity index (χ0v) is 22.0. The van der Waals surface area contributed by atoms with E-state index in [0.717, 1.165) is 16.7 Å². The lowest BCUT2D eigenvalue weighted by atomic mass is 9.86. The monoisotopic (exact) mass is 540 g/mol. The lowest BCUT2D eigenvalue weighted by Crippen LogP contribution is -2.56. The quantitative estimate of drug-likeness (QED) is 0.148. The number of guanidine groups is 1. The highest BCUT2D eigenvalue weighted by Gasteiger charge is 2.36. The first-order valence-electron chi connectivity index (χ1n) is 13.1. The third-order valence-corrected chi connectivity index (χ3v) is 6.18. The van der Waals surface area contributed by atoms with Gasteiger partial charge in [0.2, 0.25) is 11.9 Å². The molecule has 0 bridgehead atoms. The molecular formula is C31H32N4O5. The molecule has 1 aliphatic rings. The molecule has 2 atom stereocenters. The number of carbonyl (C=O) groups excluding carboxylic acids is 3. The summed E-state index contributed by atoms with van der Waals surface area (Å²) < 4.78 is 10.5. The minimum Gasteiger partial charge on any atom is -0.444 e. The summed E-state index contributed by atoms with van der Waals surface area (Å²) in [6, 6.07) is 28.3. The summed E-state index contributed by atoms with van der Waals surface area (Å²) in [5.74, 6) is -0.252. The zero-order chi connectivity index (χ0) is 28.0. The maximum Gasteiger partial charge on any atom is 0.414 e. The first-order chi connectivity index (χ1) is 19.6. The molecule has 3 aromatic carbocycles. The molecule has 9 heteroatoms. The predicted molar refractivity (Wildman–Crippen MR) is 152 cm³/mol. The number of benzene rings is 3. The average molecular weight is 541 g/mol. The van der Waals surface area contributed by atoms with Crippen LogP contribution in [0.5, 0.6) is 0 Å². The number of nitrogens with zero attached hydrogens (tertiary/aromatic N) is 1. The van der Waals surface area contributed by atoms with E-state index in [1.54, 1.807) is 0 Å². The standard InChI is InChI=1S/C31H32N4O5/c36-28-26(27(33-28)19-18-23-11-4-1-5-12-23)17-10-20-32-29(34-30(37)39-21-24-13-6-2-7-14-24)35-31(38)40-22-25-15-8-3-9-16-25/h1-9,11-16,18-19,26-27H,10,17,20-22H2,(H,33,36)(H2,32,34,35,37,38)/t26-,27-/m1/s1. The van der Waals surface area contributed by atoms with Crippen molar-refractivity contribution >= 4 is 30.1 Å². The van der Waals surface area contributed by atoms with Crippen molar-refractivity contribution < 1.29 is 23.9 Å². The summed E-state index contributed by atoms with van der Waals surface area (Å²) >= 11 is 0. The molecular weight excluding hydrogens is 508 g/mol. The molecule has 1 heterocycles. The highest BCUT2D eigenvalue weighted by atomic mass is 16.6. The smallest absolute Gasteiger partial charge is 0.414 e. The summed E-state index contributed by atoms with van der Waals surface area (Å²) in [4.78, 5) is 41.2. The van der Waals surface area contributed by atoms with Crippen molar-refractivity contribution in [3.05, 3.63) is 114 Å². The Kier molecular flexibility index (Phi) is 10.4. The van der Waals surface area contributed by atoms with Crippen LogP contribution in [0.1, 0.15) is 29.5 Å². The summed E-state index contributed by atoms with van der Waals surface area (Å²) in [6.45, 7) is 0.395. The molecule has 40 heavy (non-hydrogen) atoms. The fourth-order valence-corrected chi connectivity index (χ4v) is 4.03. The van der Waals surface area contributed by atoms with Crippen molar-refractivity contribution in [2.24, 2.45) is 10.9 Å². The van der Waals surface area contributed by atoms with E-state index in [1.165, 1.54) is 0 Å². The lowest BCUT2D eigenvalue weighted by molar-refractivity contribution is -0.133. The summed E-state index contributed by atoms with van der Waals surface area (Å²) in [5.41, 5.74) is 2.70. The van der Waals surface area contributed by atoms with Gasteiger partial charge >= 0.3 is 12.2 Å². The molecule has 0 aliphatic carbocycles. The number of hydrogen-bond donors (Lipinski definition) is 3. The van der Waals surface area contributed by atoms with Gasteiger partial charge in [-0.25, -0.2) is 9.59 Å². The molecule has 0 spiro atoms. The highest BCUT2D eigenvalue weighted by Crippen LogP contribution is 2.22. The number of aliphatic imine (C=N–C) groups is 1. The van der Waals surface area contributed by atoms with E-state index in [4.69, 9.17) is 9.47 Å². The van der Waals surface area contributed by atoms with Crippen LogP contribution < -0.4 is 16.0 Å². The number of amides is 3. The Morgan fingerprint density at radius 1 is 0.800 bits per heavy atom. The molecule has 0 saturated carbocycles. The van der Waals surface area contributed by atoms with E-state index in [9.17, 15) is 14.4 Å². The van der Waals surface area contributed by atoms with Gasteiger partial charge in [-0.3, -0.25) is 20.4 Å². The first-order valence-corrected chi connectivity index (χ1v) is 13.1. The van der Waals surface area contributed by atoms with E-state index in [2.05, 4.69) is 20.9 Å². The van der Waals surface area contributed by atoms with Crippen LogP contribution in [0.15, 0.2) is 102 Å². The number of ether oxygens (including phenoxy) is 2. The van der Waals surface area contributed by atoms with E-state index in [1.807, 2.05) is 103 Å². The van der Waals surface area contributed by atoms with Gasteiger partial charge in [-0.1, -0.05) is 103 Å². The van der Waals surface area contributed by atoms with E-state index in [-0.39, 0.29) is 43.6 Å². The molecule has 206 valence electrons. The van der Waals surface area contributed by atoms with Gasteiger partial charge in [-0.15, -0.1) is 0 Å². The van der Waals surface area contributed by atoms with Crippen LogP contribution in [0, 0.1) is 5.92 Å². The largest absolute Gasteiger partial charge is 0.444 e. The van der Waals surface area contributed by atoms with Gasteiger partial charge in [0.1, 0.15) is 13.2 Å². The van der Waals surface area contributed by atoms with Gasteiger partial charge in [-0.05, 0) is 29.5 Å². The summed E-state index contributed by atoms with van der Waals surface area (Å²) in [6.07, 6.45) is 3.61. The molecule has 0 aromatic heterocycles. The van der Waals surface area contributed by atoms with Crippen LogP contribution >= 0.6 is 0 Å². The number of carbonyl (C=O) groups is 3. The molecule has 3 N–H and O–H groups in total. The number of β-lactam (4-membered cyclic amide) rings is 1. The van der Waals surface area contributed by atoms with Gasteiger partial charge in [0.25, 0.3) is 0 Å².